The van der Waals surface area contributed by atoms with E-state index in [4.69, 9.17) is 11.6 Å². The highest BCUT2D eigenvalue weighted by Crippen LogP contribution is 2.22. The second-order valence-electron chi connectivity index (χ2n) is 8.45. The van der Waals surface area contributed by atoms with Crippen LogP contribution in [-0.2, 0) is 0 Å². The minimum absolute atomic E-state index is 0.0938. The molecule has 1 saturated heterocycles. The van der Waals surface area contributed by atoms with E-state index < -0.39 is 0 Å². The maximum absolute atomic E-state index is 12.7. The number of nitrogens with zero attached hydrogens (tertiary/aromatic N) is 5. The third-order valence-electron chi connectivity index (χ3n) is 6.19. The molecule has 1 amide bonds. The fraction of sp³-hybridized carbons (Fsp3) is 0.269. The van der Waals surface area contributed by atoms with Crippen LogP contribution in [0.25, 0.3) is 17.0 Å². The van der Waals surface area contributed by atoms with Crippen LogP contribution in [0.3, 0.4) is 0 Å². The SMILES string of the molecule is O=C(NCCCN1CCN(c2ccccc2)CC1)c1ccn2c(-c3cccc(Cl)c3)nnc2c1. The summed E-state index contributed by atoms with van der Waals surface area (Å²) >= 11 is 6.11. The van der Waals surface area contributed by atoms with Crippen LogP contribution in [0.1, 0.15) is 16.8 Å². The summed E-state index contributed by atoms with van der Waals surface area (Å²) in [4.78, 5) is 17.5. The number of halogens is 1. The topological polar surface area (TPSA) is 65.8 Å². The lowest BCUT2D eigenvalue weighted by atomic mass is 10.2. The van der Waals surface area contributed by atoms with Gasteiger partial charge in [0.05, 0.1) is 0 Å². The van der Waals surface area contributed by atoms with Gasteiger partial charge < -0.3 is 10.2 Å². The minimum Gasteiger partial charge on any atom is -0.369 e. The molecule has 7 nitrogen and oxygen atoms in total. The zero-order chi connectivity index (χ0) is 23.3. The number of amides is 1. The Morgan fingerprint density at radius 2 is 1.76 bits per heavy atom. The summed E-state index contributed by atoms with van der Waals surface area (Å²) < 4.78 is 1.86. The van der Waals surface area contributed by atoms with Crippen molar-refractivity contribution >= 4 is 28.8 Å². The number of aromatic nitrogens is 3. The molecule has 0 saturated carbocycles. The van der Waals surface area contributed by atoms with Gasteiger partial charge in [-0.05, 0) is 49.4 Å². The Morgan fingerprint density at radius 1 is 0.941 bits per heavy atom. The Bertz CT molecular complexity index is 1270. The number of hydrogen-bond donors (Lipinski definition) is 1. The van der Waals surface area contributed by atoms with Crippen LogP contribution in [0.15, 0.2) is 72.9 Å². The fourth-order valence-corrected chi connectivity index (χ4v) is 4.52. The summed E-state index contributed by atoms with van der Waals surface area (Å²) in [5.74, 6) is 0.598. The number of piperazine rings is 1. The second-order valence-corrected chi connectivity index (χ2v) is 8.89. The Kier molecular flexibility index (Phi) is 6.74. The lowest BCUT2D eigenvalue weighted by Gasteiger charge is -2.36. The van der Waals surface area contributed by atoms with Crippen molar-refractivity contribution in [2.75, 3.05) is 44.2 Å². The van der Waals surface area contributed by atoms with Crippen molar-refractivity contribution < 1.29 is 4.79 Å². The minimum atomic E-state index is -0.0938. The zero-order valence-electron chi connectivity index (χ0n) is 18.9. The van der Waals surface area contributed by atoms with E-state index in [1.807, 2.05) is 34.9 Å². The maximum Gasteiger partial charge on any atom is 0.251 e. The molecule has 1 fully saturated rings. The molecule has 0 spiro atoms. The molecule has 0 unspecified atom stereocenters. The van der Waals surface area contributed by atoms with Crippen molar-refractivity contribution in [3.05, 3.63) is 83.5 Å². The van der Waals surface area contributed by atoms with Crippen LogP contribution in [0, 0.1) is 0 Å². The quantitative estimate of drug-likeness (QED) is 0.410. The lowest BCUT2D eigenvalue weighted by molar-refractivity contribution is 0.0951. The lowest BCUT2D eigenvalue weighted by Crippen LogP contribution is -2.47. The summed E-state index contributed by atoms with van der Waals surface area (Å²) in [7, 11) is 0. The molecule has 5 rings (SSSR count). The fourth-order valence-electron chi connectivity index (χ4n) is 4.33. The van der Waals surface area contributed by atoms with Gasteiger partial charge in [0, 0.05) is 60.8 Å². The third-order valence-corrected chi connectivity index (χ3v) is 6.42. The van der Waals surface area contributed by atoms with Crippen molar-refractivity contribution in [1.29, 1.82) is 0 Å². The van der Waals surface area contributed by atoms with E-state index >= 15 is 0 Å². The first-order valence-corrected chi connectivity index (χ1v) is 12.0. The van der Waals surface area contributed by atoms with Gasteiger partial charge in [-0.15, -0.1) is 10.2 Å². The van der Waals surface area contributed by atoms with Gasteiger partial charge in [-0.25, -0.2) is 0 Å². The van der Waals surface area contributed by atoms with Gasteiger partial charge in [-0.3, -0.25) is 14.1 Å². The molecule has 2 aromatic carbocycles. The molecule has 3 heterocycles. The zero-order valence-corrected chi connectivity index (χ0v) is 19.7. The van der Waals surface area contributed by atoms with Gasteiger partial charge in [-0.2, -0.15) is 0 Å². The highest BCUT2D eigenvalue weighted by Gasteiger charge is 2.17. The molecule has 174 valence electrons. The molecule has 4 aromatic rings. The van der Waals surface area contributed by atoms with Gasteiger partial charge in [0.25, 0.3) is 5.91 Å². The molecule has 1 aliphatic heterocycles. The molecular formula is C26H27ClN6O. The highest BCUT2D eigenvalue weighted by molar-refractivity contribution is 6.30. The summed E-state index contributed by atoms with van der Waals surface area (Å²) in [6.45, 7) is 5.78. The number of benzene rings is 2. The van der Waals surface area contributed by atoms with Crippen molar-refractivity contribution in [2.24, 2.45) is 0 Å². The smallest absolute Gasteiger partial charge is 0.251 e. The van der Waals surface area contributed by atoms with Crippen LogP contribution in [-0.4, -0.2) is 64.7 Å². The number of carbonyl (C=O) groups excluding carboxylic acids is 1. The van der Waals surface area contributed by atoms with E-state index in [1.54, 1.807) is 12.1 Å². The standard InChI is InChI=1S/C26H27ClN6O/c27-22-7-4-6-20(18-22)25-30-29-24-19-21(10-13-33(24)25)26(34)28-11-5-12-31-14-16-32(17-15-31)23-8-2-1-3-9-23/h1-4,6-10,13,18-19H,5,11-12,14-17H2,(H,28,34). The first-order valence-electron chi connectivity index (χ1n) is 11.6. The van der Waals surface area contributed by atoms with E-state index in [-0.39, 0.29) is 5.91 Å². The Morgan fingerprint density at radius 3 is 2.56 bits per heavy atom. The van der Waals surface area contributed by atoms with E-state index in [2.05, 4.69) is 55.6 Å². The summed E-state index contributed by atoms with van der Waals surface area (Å²) in [5, 5.41) is 12.2. The summed E-state index contributed by atoms with van der Waals surface area (Å²) in [5.41, 5.74) is 3.37. The van der Waals surface area contributed by atoms with Crippen molar-refractivity contribution in [3.63, 3.8) is 0 Å². The number of hydrogen-bond acceptors (Lipinski definition) is 5. The first kappa shape index (κ1) is 22.4. The molecule has 0 atom stereocenters. The van der Waals surface area contributed by atoms with Crippen molar-refractivity contribution in [1.82, 2.24) is 24.8 Å². The number of anilines is 1. The molecule has 8 heteroatoms. The Labute approximate surface area is 204 Å². The Hall–Kier alpha value is -3.42. The number of rotatable bonds is 7. The molecule has 1 N–H and O–H groups in total. The number of fused-ring (bicyclic) bond motifs is 1. The second kappa shape index (κ2) is 10.2. The normalized spacial score (nSPS) is 14.4. The molecule has 0 bridgehead atoms. The molecule has 0 aliphatic carbocycles. The first-order chi connectivity index (χ1) is 16.7. The Balaban J connectivity index is 1.10. The average Bonchev–Trinajstić information content (AvgIpc) is 3.31. The van der Waals surface area contributed by atoms with Gasteiger partial charge in [0.2, 0.25) is 0 Å². The van der Waals surface area contributed by atoms with E-state index in [0.29, 0.717) is 28.6 Å². The number of carbonyl (C=O) groups is 1. The van der Waals surface area contributed by atoms with Crippen molar-refractivity contribution in [3.8, 4) is 11.4 Å². The van der Waals surface area contributed by atoms with Crippen LogP contribution >= 0.6 is 11.6 Å². The maximum atomic E-state index is 12.7. The third kappa shape index (κ3) is 5.05. The van der Waals surface area contributed by atoms with Crippen LogP contribution in [0.5, 0.6) is 0 Å². The predicted molar refractivity (Wildman–Crippen MR) is 135 cm³/mol. The molecule has 1 aliphatic rings. The van der Waals surface area contributed by atoms with E-state index in [0.717, 1.165) is 44.7 Å². The van der Waals surface area contributed by atoms with E-state index in [9.17, 15) is 4.79 Å². The summed E-state index contributed by atoms with van der Waals surface area (Å²) in [6, 6.07) is 21.6. The highest BCUT2D eigenvalue weighted by atomic mass is 35.5. The van der Waals surface area contributed by atoms with Crippen LogP contribution < -0.4 is 10.2 Å². The van der Waals surface area contributed by atoms with Gasteiger partial charge in [0.1, 0.15) is 0 Å². The molecular weight excluding hydrogens is 448 g/mol. The van der Waals surface area contributed by atoms with Crippen molar-refractivity contribution in [2.45, 2.75) is 6.42 Å². The van der Waals surface area contributed by atoms with Crippen LogP contribution in [0.4, 0.5) is 5.69 Å². The monoisotopic (exact) mass is 474 g/mol. The number of pyridine rings is 1. The van der Waals surface area contributed by atoms with E-state index in [1.165, 1.54) is 5.69 Å². The largest absolute Gasteiger partial charge is 0.369 e. The molecule has 2 aromatic heterocycles. The predicted octanol–water partition coefficient (Wildman–Crippen LogP) is 3.99. The van der Waals surface area contributed by atoms with Gasteiger partial charge >= 0.3 is 0 Å². The van der Waals surface area contributed by atoms with Gasteiger partial charge in [-0.1, -0.05) is 41.9 Å². The summed E-state index contributed by atoms with van der Waals surface area (Å²) in [6.07, 6.45) is 2.75. The molecule has 0 radical (unpaired) electrons. The number of para-hydroxylation sites is 1. The van der Waals surface area contributed by atoms with Gasteiger partial charge in [0.15, 0.2) is 11.5 Å². The number of nitrogens with one attached hydrogen (secondary N) is 1. The average molecular weight is 475 g/mol. The van der Waals surface area contributed by atoms with Crippen LogP contribution in [0.2, 0.25) is 5.02 Å². The molecule has 34 heavy (non-hydrogen) atoms.